The minimum Gasteiger partial charge on any atom is -0.505 e. The van der Waals surface area contributed by atoms with Crippen LogP contribution in [0.25, 0.3) is 21.7 Å². The van der Waals surface area contributed by atoms with E-state index >= 15 is 0 Å². The normalized spacial score (nSPS) is 11.2. The molecule has 0 amide bonds. The first-order chi connectivity index (χ1) is 9.08. The van der Waals surface area contributed by atoms with Gasteiger partial charge in [-0.3, -0.25) is 4.79 Å². The standard InChI is InChI=1S/C13H8FNO4/c14-13-7-2-4-10-12(6(7)1-3-9(13)16)8(15-19-10)5-11(17)18/h1-4,16H,5H2,(H,17,18). The van der Waals surface area contributed by atoms with E-state index in [1.165, 1.54) is 24.3 Å². The monoisotopic (exact) mass is 261 g/mol. The van der Waals surface area contributed by atoms with Crippen molar-refractivity contribution in [3.8, 4) is 5.75 Å². The number of fused-ring (bicyclic) bond motifs is 3. The van der Waals surface area contributed by atoms with E-state index < -0.39 is 17.5 Å². The summed E-state index contributed by atoms with van der Waals surface area (Å²) in [7, 11) is 0. The molecule has 96 valence electrons. The maximum absolute atomic E-state index is 13.8. The third kappa shape index (κ3) is 1.69. The van der Waals surface area contributed by atoms with Crippen molar-refractivity contribution in [2.45, 2.75) is 6.42 Å². The molecule has 19 heavy (non-hydrogen) atoms. The van der Waals surface area contributed by atoms with Gasteiger partial charge in [-0.05, 0) is 29.7 Å². The highest BCUT2D eigenvalue weighted by molar-refractivity contribution is 6.08. The fourth-order valence-corrected chi connectivity index (χ4v) is 2.13. The summed E-state index contributed by atoms with van der Waals surface area (Å²) in [5, 5.41) is 23.0. The number of phenols is 1. The molecular formula is C13H8FNO4. The Morgan fingerprint density at radius 1 is 1.26 bits per heavy atom. The molecule has 1 heterocycles. The number of rotatable bonds is 2. The van der Waals surface area contributed by atoms with E-state index in [0.717, 1.165) is 0 Å². The maximum atomic E-state index is 13.8. The molecule has 2 aromatic carbocycles. The molecule has 0 aliphatic heterocycles. The number of phenolic OH excluding ortho intramolecular Hbond substituents is 1. The number of halogens is 1. The molecule has 0 saturated carbocycles. The van der Waals surface area contributed by atoms with Gasteiger partial charge in [0.25, 0.3) is 0 Å². The van der Waals surface area contributed by atoms with Crippen LogP contribution in [0, 0.1) is 5.82 Å². The molecule has 0 aliphatic carbocycles. The van der Waals surface area contributed by atoms with Gasteiger partial charge in [0.2, 0.25) is 0 Å². The molecule has 0 unspecified atom stereocenters. The van der Waals surface area contributed by atoms with Crippen LogP contribution >= 0.6 is 0 Å². The van der Waals surface area contributed by atoms with Crippen molar-refractivity contribution >= 4 is 27.7 Å². The summed E-state index contributed by atoms with van der Waals surface area (Å²) >= 11 is 0. The van der Waals surface area contributed by atoms with Gasteiger partial charge in [0, 0.05) is 5.39 Å². The average Bonchev–Trinajstić information content (AvgIpc) is 2.76. The Morgan fingerprint density at radius 2 is 2.00 bits per heavy atom. The molecule has 0 bridgehead atoms. The van der Waals surface area contributed by atoms with Gasteiger partial charge in [-0.2, -0.15) is 0 Å². The predicted molar refractivity (Wildman–Crippen MR) is 64.5 cm³/mol. The number of carboxylic acids is 1. The molecule has 0 spiro atoms. The van der Waals surface area contributed by atoms with Crippen molar-refractivity contribution in [3.05, 3.63) is 35.8 Å². The number of aromatic hydroxyl groups is 1. The number of hydrogen-bond acceptors (Lipinski definition) is 4. The summed E-state index contributed by atoms with van der Waals surface area (Å²) in [4.78, 5) is 10.8. The van der Waals surface area contributed by atoms with Crippen LogP contribution in [0.1, 0.15) is 5.69 Å². The Kier molecular flexibility index (Phi) is 2.38. The summed E-state index contributed by atoms with van der Waals surface area (Å²) in [5.74, 6) is -2.25. The average molecular weight is 261 g/mol. The lowest BCUT2D eigenvalue weighted by atomic mass is 10.0. The Balaban J connectivity index is 2.41. The second-order valence-electron chi connectivity index (χ2n) is 4.13. The van der Waals surface area contributed by atoms with Crippen LogP contribution in [-0.4, -0.2) is 21.3 Å². The van der Waals surface area contributed by atoms with E-state index in [0.29, 0.717) is 16.4 Å². The first-order valence-electron chi connectivity index (χ1n) is 5.48. The van der Waals surface area contributed by atoms with Crippen molar-refractivity contribution in [1.29, 1.82) is 0 Å². The second-order valence-corrected chi connectivity index (χ2v) is 4.13. The third-order valence-electron chi connectivity index (χ3n) is 2.94. The van der Waals surface area contributed by atoms with Crippen molar-refractivity contribution < 1.29 is 23.9 Å². The Morgan fingerprint density at radius 3 is 2.74 bits per heavy atom. The van der Waals surface area contributed by atoms with Crippen molar-refractivity contribution in [2.24, 2.45) is 0 Å². The minimum atomic E-state index is -1.05. The first kappa shape index (κ1) is 11.5. The minimum absolute atomic E-state index is 0.197. The molecule has 3 rings (SSSR count). The lowest BCUT2D eigenvalue weighted by Crippen LogP contribution is -2.00. The summed E-state index contributed by atoms with van der Waals surface area (Å²) in [5.41, 5.74) is 0.618. The topological polar surface area (TPSA) is 83.6 Å². The van der Waals surface area contributed by atoms with Gasteiger partial charge in [0.1, 0.15) is 5.69 Å². The van der Waals surface area contributed by atoms with Crippen LogP contribution in [0.4, 0.5) is 4.39 Å². The molecule has 3 aromatic rings. The molecule has 6 heteroatoms. The molecule has 1 aromatic heterocycles. The van der Waals surface area contributed by atoms with E-state index in [4.69, 9.17) is 9.63 Å². The smallest absolute Gasteiger partial charge is 0.309 e. The highest BCUT2D eigenvalue weighted by Gasteiger charge is 2.17. The van der Waals surface area contributed by atoms with E-state index in [-0.39, 0.29) is 17.5 Å². The largest absolute Gasteiger partial charge is 0.505 e. The van der Waals surface area contributed by atoms with Crippen molar-refractivity contribution in [1.82, 2.24) is 5.16 Å². The van der Waals surface area contributed by atoms with Gasteiger partial charge in [-0.25, -0.2) is 4.39 Å². The molecule has 5 nitrogen and oxygen atoms in total. The van der Waals surface area contributed by atoms with Crippen LogP contribution in [0.15, 0.2) is 28.8 Å². The van der Waals surface area contributed by atoms with Crippen molar-refractivity contribution in [2.75, 3.05) is 0 Å². The van der Waals surface area contributed by atoms with E-state index in [1.54, 1.807) is 0 Å². The SMILES string of the molecule is O=C(O)Cc1noc2ccc3c(F)c(O)ccc3c12. The number of aliphatic carboxylic acids is 1. The zero-order valence-electron chi connectivity index (χ0n) is 9.55. The molecule has 0 radical (unpaired) electrons. The van der Waals surface area contributed by atoms with E-state index in [9.17, 15) is 14.3 Å². The summed E-state index contributed by atoms with van der Waals surface area (Å²) in [6.07, 6.45) is -0.311. The Labute approximate surface area is 105 Å². The van der Waals surface area contributed by atoms with Gasteiger partial charge < -0.3 is 14.7 Å². The molecule has 0 aliphatic rings. The molecule has 2 N–H and O–H groups in total. The van der Waals surface area contributed by atoms with Gasteiger partial charge in [0.15, 0.2) is 17.1 Å². The number of carboxylic acid groups (broad SMARTS) is 1. The van der Waals surface area contributed by atoms with Crippen LogP contribution in [0.5, 0.6) is 5.75 Å². The zero-order valence-corrected chi connectivity index (χ0v) is 9.55. The predicted octanol–water partition coefficient (Wildman–Crippen LogP) is 2.45. The van der Waals surface area contributed by atoms with E-state index in [1.807, 2.05) is 0 Å². The fourth-order valence-electron chi connectivity index (χ4n) is 2.13. The maximum Gasteiger partial charge on any atom is 0.309 e. The lowest BCUT2D eigenvalue weighted by Gasteiger charge is -2.03. The quantitative estimate of drug-likeness (QED) is 0.740. The molecule has 0 fully saturated rings. The third-order valence-corrected chi connectivity index (χ3v) is 2.94. The Hall–Kier alpha value is -2.63. The van der Waals surface area contributed by atoms with Crippen LogP contribution in [-0.2, 0) is 11.2 Å². The first-order valence-corrected chi connectivity index (χ1v) is 5.48. The summed E-state index contributed by atoms with van der Waals surface area (Å²) in [6, 6.07) is 5.69. The van der Waals surface area contributed by atoms with Gasteiger partial charge in [-0.1, -0.05) is 5.16 Å². The number of hydrogen-bond donors (Lipinski definition) is 2. The molecule has 0 saturated heterocycles. The Bertz CT molecular complexity index is 809. The second kappa shape index (κ2) is 3.94. The van der Waals surface area contributed by atoms with Crippen LogP contribution < -0.4 is 0 Å². The number of aromatic nitrogens is 1. The van der Waals surface area contributed by atoms with Gasteiger partial charge in [0.05, 0.1) is 11.8 Å². The highest BCUT2D eigenvalue weighted by Crippen LogP contribution is 2.33. The van der Waals surface area contributed by atoms with Crippen molar-refractivity contribution in [3.63, 3.8) is 0 Å². The number of benzene rings is 2. The summed E-state index contributed by atoms with van der Waals surface area (Å²) < 4.78 is 18.8. The number of nitrogens with zero attached hydrogens (tertiary/aromatic N) is 1. The number of carbonyl (C=O) groups is 1. The highest BCUT2D eigenvalue weighted by atomic mass is 19.1. The fraction of sp³-hybridized carbons (Fsp3) is 0.0769. The molecule has 0 atom stereocenters. The zero-order chi connectivity index (χ0) is 13.6. The summed E-state index contributed by atoms with van der Waals surface area (Å²) in [6.45, 7) is 0. The van der Waals surface area contributed by atoms with Crippen LogP contribution in [0.2, 0.25) is 0 Å². The van der Waals surface area contributed by atoms with E-state index in [2.05, 4.69) is 5.16 Å². The van der Waals surface area contributed by atoms with Gasteiger partial charge in [-0.15, -0.1) is 0 Å². The van der Waals surface area contributed by atoms with Crippen LogP contribution in [0.3, 0.4) is 0 Å². The lowest BCUT2D eigenvalue weighted by molar-refractivity contribution is -0.136. The molecular weight excluding hydrogens is 253 g/mol. The van der Waals surface area contributed by atoms with Gasteiger partial charge >= 0.3 is 5.97 Å².